The van der Waals surface area contributed by atoms with Crippen LogP contribution in [-0.4, -0.2) is 19.3 Å². The molecule has 102 valence electrons. The minimum Gasteiger partial charge on any atom is -0.384 e. The van der Waals surface area contributed by atoms with Crippen LogP contribution < -0.4 is 11.4 Å². The van der Waals surface area contributed by atoms with Crippen molar-refractivity contribution in [3.63, 3.8) is 0 Å². The first-order valence-corrected chi connectivity index (χ1v) is 6.24. The Labute approximate surface area is 115 Å². The van der Waals surface area contributed by atoms with Crippen LogP contribution in [-0.2, 0) is 7.05 Å². The van der Waals surface area contributed by atoms with Crippen molar-refractivity contribution in [3.05, 3.63) is 52.7 Å². The molecule has 0 aliphatic carbocycles. The molecule has 0 bridgehead atoms. The number of benzene rings is 1. The fourth-order valence-corrected chi connectivity index (χ4v) is 2.25. The molecule has 3 aromatic rings. The number of H-pyrrole nitrogens is 1. The highest BCUT2D eigenvalue weighted by Gasteiger charge is 2.13. The molecule has 3 rings (SSSR count). The quantitative estimate of drug-likeness (QED) is 0.739. The van der Waals surface area contributed by atoms with Crippen LogP contribution in [0.15, 0.2) is 41.3 Å². The molecule has 20 heavy (non-hydrogen) atoms. The highest BCUT2D eigenvalue weighted by molar-refractivity contribution is 5.72. The van der Waals surface area contributed by atoms with Gasteiger partial charge in [0.25, 0.3) is 0 Å². The van der Waals surface area contributed by atoms with Crippen LogP contribution in [0.1, 0.15) is 5.69 Å². The third-order valence-corrected chi connectivity index (χ3v) is 3.30. The van der Waals surface area contributed by atoms with E-state index in [0.29, 0.717) is 5.82 Å². The van der Waals surface area contributed by atoms with Gasteiger partial charge in [0.1, 0.15) is 5.82 Å². The minimum absolute atomic E-state index is 0.168. The van der Waals surface area contributed by atoms with Crippen LogP contribution in [0.4, 0.5) is 5.82 Å². The van der Waals surface area contributed by atoms with Gasteiger partial charge in [0.2, 0.25) is 0 Å². The number of hydrogen-bond acceptors (Lipinski definition) is 3. The second-order valence-corrected chi connectivity index (χ2v) is 4.67. The molecule has 2 heterocycles. The van der Waals surface area contributed by atoms with Gasteiger partial charge in [0.05, 0.1) is 11.4 Å². The zero-order valence-corrected chi connectivity index (χ0v) is 11.3. The van der Waals surface area contributed by atoms with Gasteiger partial charge in [-0.05, 0) is 13.0 Å². The first-order chi connectivity index (χ1) is 9.58. The van der Waals surface area contributed by atoms with Crippen molar-refractivity contribution in [1.29, 1.82) is 0 Å². The Hall–Kier alpha value is -2.76. The van der Waals surface area contributed by atoms with Gasteiger partial charge in [-0.3, -0.25) is 9.25 Å². The summed E-state index contributed by atoms with van der Waals surface area (Å²) in [5, 5.41) is 4.38. The lowest BCUT2D eigenvalue weighted by Gasteiger charge is -2.09. The maximum absolute atomic E-state index is 12.0. The summed E-state index contributed by atoms with van der Waals surface area (Å²) in [7, 11) is 1.79. The lowest BCUT2D eigenvalue weighted by molar-refractivity contribution is 0.782. The average molecular weight is 269 g/mol. The summed E-state index contributed by atoms with van der Waals surface area (Å²) >= 11 is 0. The van der Waals surface area contributed by atoms with E-state index in [2.05, 4.69) is 10.1 Å². The second kappa shape index (κ2) is 4.41. The molecule has 2 aromatic heterocycles. The summed E-state index contributed by atoms with van der Waals surface area (Å²) in [6, 6.07) is 9.42. The van der Waals surface area contributed by atoms with E-state index in [4.69, 9.17) is 5.73 Å². The van der Waals surface area contributed by atoms with Crippen LogP contribution in [0.2, 0.25) is 0 Å². The molecule has 0 aliphatic heterocycles. The van der Waals surface area contributed by atoms with Gasteiger partial charge in [-0.25, -0.2) is 4.79 Å². The molecule has 3 N–H and O–H groups in total. The van der Waals surface area contributed by atoms with E-state index in [1.54, 1.807) is 28.6 Å². The molecular weight excluding hydrogens is 254 g/mol. The molecule has 0 unspecified atom stereocenters. The Kier molecular flexibility index (Phi) is 2.71. The Bertz CT molecular complexity index is 805. The van der Waals surface area contributed by atoms with Crippen LogP contribution in [0.3, 0.4) is 0 Å². The molecule has 6 nitrogen and oxygen atoms in total. The van der Waals surface area contributed by atoms with Crippen LogP contribution in [0.25, 0.3) is 16.9 Å². The van der Waals surface area contributed by atoms with Crippen molar-refractivity contribution < 1.29 is 0 Å². The molecule has 0 atom stereocenters. The zero-order valence-electron chi connectivity index (χ0n) is 11.3. The number of hydrogen-bond donors (Lipinski definition) is 2. The number of imidazole rings is 1. The predicted molar refractivity (Wildman–Crippen MR) is 77.7 cm³/mol. The van der Waals surface area contributed by atoms with Crippen molar-refractivity contribution in [1.82, 2.24) is 19.3 Å². The van der Waals surface area contributed by atoms with Crippen LogP contribution in [0, 0.1) is 6.92 Å². The number of rotatable bonds is 2. The van der Waals surface area contributed by atoms with Gasteiger partial charge in [-0.15, -0.1) is 0 Å². The maximum atomic E-state index is 12.0. The van der Waals surface area contributed by atoms with Gasteiger partial charge in [-0.2, -0.15) is 5.10 Å². The number of anilines is 1. The summed E-state index contributed by atoms with van der Waals surface area (Å²) in [6.45, 7) is 1.88. The van der Waals surface area contributed by atoms with Gasteiger partial charge in [0, 0.05) is 30.6 Å². The normalized spacial score (nSPS) is 10.9. The summed E-state index contributed by atoms with van der Waals surface area (Å²) < 4.78 is 3.24. The Balaban J connectivity index is 2.26. The standard InChI is InChI=1S/C14H15N5O/c1-9-8-16-14(20)19(9)12-6-4-3-5-10(12)11-7-13(15)18(2)17-11/h3-8H,15H2,1-2H3,(H,16,20). The lowest BCUT2D eigenvalue weighted by atomic mass is 10.1. The van der Waals surface area contributed by atoms with Crippen LogP contribution in [0.5, 0.6) is 0 Å². The summed E-state index contributed by atoms with van der Waals surface area (Å²) in [6.07, 6.45) is 1.69. The zero-order chi connectivity index (χ0) is 14.3. The second-order valence-electron chi connectivity index (χ2n) is 4.67. The van der Waals surface area contributed by atoms with E-state index in [-0.39, 0.29) is 5.69 Å². The number of nitrogens with two attached hydrogens (primary N) is 1. The molecule has 1 aromatic carbocycles. The lowest BCUT2D eigenvalue weighted by Crippen LogP contribution is -2.16. The van der Waals surface area contributed by atoms with Crippen molar-refractivity contribution in [2.45, 2.75) is 6.92 Å². The number of aryl methyl sites for hydroxylation is 2. The smallest absolute Gasteiger partial charge is 0.330 e. The highest BCUT2D eigenvalue weighted by Crippen LogP contribution is 2.26. The van der Waals surface area contributed by atoms with Crippen molar-refractivity contribution in [3.8, 4) is 16.9 Å². The van der Waals surface area contributed by atoms with Gasteiger partial charge in [0.15, 0.2) is 0 Å². The maximum Gasteiger partial charge on any atom is 0.330 e. The van der Waals surface area contributed by atoms with Gasteiger partial charge < -0.3 is 10.7 Å². The number of nitrogens with zero attached hydrogens (tertiary/aromatic N) is 3. The van der Waals surface area contributed by atoms with E-state index >= 15 is 0 Å². The number of para-hydroxylation sites is 1. The molecule has 0 spiro atoms. The third kappa shape index (κ3) is 1.82. The molecule has 0 amide bonds. The minimum atomic E-state index is -0.168. The van der Waals surface area contributed by atoms with E-state index in [0.717, 1.165) is 22.6 Å². The Morgan fingerprint density at radius 1 is 1.30 bits per heavy atom. The number of aromatic amines is 1. The van der Waals surface area contributed by atoms with Crippen molar-refractivity contribution >= 4 is 5.82 Å². The van der Waals surface area contributed by atoms with E-state index in [1.165, 1.54) is 0 Å². The predicted octanol–water partition coefficient (Wildman–Crippen LogP) is 1.46. The Morgan fingerprint density at radius 3 is 2.65 bits per heavy atom. The van der Waals surface area contributed by atoms with Crippen molar-refractivity contribution in [2.75, 3.05) is 5.73 Å². The van der Waals surface area contributed by atoms with E-state index in [9.17, 15) is 4.79 Å². The molecule has 6 heteroatoms. The molecule has 0 saturated carbocycles. The molecule has 0 fully saturated rings. The third-order valence-electron chi connectivity index (χ3n) is 3.30. The van der Waals surface area contributed by atoms with Crippen LogP contribution >= 0.6 is 0 Å². The summed E-state index contributed by atoms with van der Waals surface area (Å²) in [5.41, 5.74) is 8.90. The average Bonchev–Trinajstić information content (AvgIpc) is 2.93. The fraction of sp³-hybridized carbons (Fsp3) is 0.143. The van der Waals surface area contributed by atoms with Gasteiger partial charge >= 0.3 is 5.69 Å². The summed E-state index contributed by atoms with van der Waals surface area (Å²) in [4.78, 5) is 14.6. The molecular formula is C14H15N5O. The first kappa shape index (κ1) is 12.3. The van der Waals surface area contributed by atoms with E-state index < -0.39 is 0 Å². The number of nitrogen functional groups attached to an aromatic ring is 1. The van der Waals surface area contributed by atoms with Gasteiger partial charge in [-0.1, -0.05) is 18.2 Å². The van der Waals surface area contributed by atoms with Crippen molar-refractivity contribution in [2.24, 2.45) is 7.05 Å². The molecule has 0 saturated heterocycles. The molecule has 0 aliphatic rings. The Morgan fingerprint density at radius 2 is 2.05 bits per heavy atom. The largest absolute Gasteiger partial charge is 0.384 e. The SMILES string of the molecule is Cc1c[nH]c(=O)n1-c1ccccc1-c1cc(N)n(C)n1. The number of nitrogens with one attached hydrogen (secondary N) is 1. The molecule has 0 radical (unpaired) electrons. The fourth-order valence-electron chi connectivity index (χ4n) is 2.25. The topological polar surface area (TPSA) is 81.6 Å². The highest BCUT2D eigenvalue weighted by atomic mass is 16.1. The number of aromatic nitrogens is 4. The summed E-state index contributed by atoms with van der Waals surface area (Å²) in [5.74, 6) is 0.577. The monoisotopic (exact) mass is 269 g/mol. The first-order valence-electron chi connectivity index (χ1n) is 6.24. The van der Waals surface area contributed by atoms with E-state index in [1.807, 2.05) is 31.2 Å².